The Morgan fingerprint density at radius 1 is 1.50 bits per heavy atom. The van der Waals surface area contributed by atoms with E-state index in [-0.39, 0.29) is 25.2 Å². The summed E-state index contributed by atoms with van der Waals surface area (Å²) in [6.07, 6.45) is 1.23. The highest BCUT2D eigenvalue weighted by atomic mass is 35.5. The highest BCUT2D eigenvalue weighted by Gasteiger charge is 2.23. The van der Waals surface area contributed by atoms with Crippen LogP contribution in [0, 0.1) is 0 Å². The van der Waals surface area contributed by atoms with Crippen LogP contribution < -0.4 is 5.32 Å². The summed E-state index contributed by atoms with van der Waals surface area (Å²) < 4.78 is 7.54. The third-order valence-electron chi connectivity index (χ3n) is 4.82. The molecular formula is C19H23ClN4O4. The van der Waals surface area contributed by atoms with Gasteiger partial charge in [0.25, 0.3) is 0 Å². The number of rotatable bonds is 7. The van der Waals surface area contributed by atoms with Gasteiger partial charge in [0.2, 0.25) is 5.91 Å². The Labute approximate surface area is 168 Å². The van der Waals surface area contributed by atoms with E-state index in [4.69, 9.17) is 21.4 Å². The fraction of sp³-hybridized carbons (Fsp3) is 0.421. The van der Waals surface area contributed by atoms with Crippen molar-refractivity contribution in [2.75, 3.05) is 19.0 Å². The first kappa shape index (κ1) is 20.2. The maximum Gasteiger partial charge on any atom is 0.407 e. The van der Waals surface area contributed by atoms with Crippen molar-refractivity contribution in [2.45, 2.75) is 39.5 Å². The predicted molar refractivity (Wildman–Crippen MR) is 106 cm³/mol. The number of likely N-dealkylation sites (N-methyl/N-ethyl adjacent to an activating group) is 1. The van der Waals surface area contributed by atoms with Crippen LogP contribution in [-0.2, 0) is 29.1 Å². The molecule has 1 aliphatic heterocycles. The maximum atomic E-state index is 11.7. The first-order valence-corrected chi connectivity index (χ1v) is 9.40. The van der Waals surface area contributed by atoms with Crippen LogP contribution in [0.1, 0.15) is 25.1 Å². The number of aromatic nitrogens is 2. The van der Waals surface area contributed by atoms with Crippen LogP contribution in [0.2, 0.25) is 5.02 Å². The fourth-order valence-electron chi connectivity index (χ4n) is 3.05. The third kappa shape index (κ3) is 4.13. The summed E-state index contributed by atoms with van der Waals surface area (Å²) in [5, 5.41) is 16.9. The van der Waals surface area contributed by atoms with E-state index in [0.29, 0.717) is 23.7 Å². The number of anilines is 1. The molecule has 0 aliphatic carbocycles. The minimum Gasteiger partial charge on any atom is -0.465 e. The molecule has 1 unspecified atom stereocenters. The number of nitrogens with one attached hydrogen (secondary N) is 1. The number of benzene rings is 1. The molecule has 1 aliphatic rings. The molecule has 0 saturated carbocycles. The number of fused-ring (bicyclic) bond motifs is 1. The third-order valence-corrected chi connectivity index (χ3v) is 5.12. The lowest BCUT2D eigenvalue weighted by Gasteiger charge is -2.21. The monoisotopic (exact) mass is 406 g/mol. The van der Waals surface area contributed by atoms with Crippen LogP contribution in [0.25, 0.3) is 11.1 Å². The highest BCUT2D eigenvalue weighted by Crippen LogP contribution is 2.37. The zero-order valence-electron chi connectivity index (χ0n) is 16.0. The largest absolute Gasteiger partial charge is 0.465 e. The zero-order chi connectivity index (χ0) is 20.4. The SMILES string of the molecule is CCn1cc(-c2cc(Cl)c3c(c2)CC(=O)N3)c(COCC(C)N(C)C(=O)O)n1. The summed E-state index contributed by atoms with van der Waals surface area (Å²) in [6.45, 7) is 4.97. The van der Waals surface area contributed by atoms with Crippen molar-refractivity contribution in [1.82, 2.24) is 14.7 Å². The first-order valence-electron chi connectivity index (χ1n) is 9.02. The van der Waals surface area contributed by atoms with Gasteiger partial charge in [0.05, 0.1) is 42.1 Å². The minimum absolute atomic E-state index is 0.0709. The van der Waals surface area contributed by atoms with Crippen molar-refractivity contribution < 1.29 is 19.4 Å². The van der Waals surface area contributed by atoms with Gasteiger partial charge >= 0.3 is 6.09 Å². The second kappa shape index (κ2) is 8.20. The van der Waals surface area contributed by atoms with Crippen LogP contribution >= 0.6 is 11.6 Å². The number of amides is 2. The number of aryl methyl sites for hydroxylation is 1. The molecule has 2 amide bonds. The van der Waals surface area contributed by atoms with Gasteiger partial charge in [0.15, 0.2) is 0 Å². The van der Waals surface area contributed by atoms with Crippen LogP contribution in [0.15, 0.2) is 18.3 Å². The summed E-state index contributed by atoms with van der Waals surface area (Å²) in [6, 6.07) is 3.48. The van der Waals surface area contributed by atoms with Gasteiger partial charge in [-0.15, -0.1) is 0 Å². The lowest BCUT2D eigenvalue weighted by atomic mass is 10.0. The van der Waals surface area contributed by atoms with Gasteiger partial charge in [-0.05, 0) is 37.1 Å². The molecule has 9 heteroatoms. The number of hydrogen-bond acceptors (Lipinski definition) is 4. The van der Waals surface area contributed by atoms with Crippen LogP contribution in [0.3, 0.4) is 0 Å². The number of hydrogen-bond donors (Lipinski definition) is 2. The Hall–Kier alpha value is -2.58. The van der Waals surface area contributed by atoms with Gasteiger partial charge in [-0.25, -0.2) is 4.79 Å². The maximum absolute atomic E-state index is 11.7. The molecular weight excluding hydrogens is 384 g/mol. The van der Waals surface area contributed by atoms with Gasteiger partial charge in [-0.2, -0.15) is 5.10 Å². The molecule has 0 bridgehead atoms. The Morgan fingerprint density at radius 2 is 2.25 bits per heavy atom. The minimum atomic E-state index is -0.997. The van der Waals surface area contributed by atoms with Crippen molar-refractivity contribution in [3.8, 4) is 11.1 Å². The Balaban J connectivity index is 1.81. The number of carbonyl (C=O) groups is 2. The van der Waals surface area contributed by atoms with E-state index in [1.807, 2.05) is 29.9 Å². The van der Waals surface area contributed by atoms with Crippen molar-refractivity contribution in [3.63, 3.8) is 0 Å². The molecule has 1 aromatic heterocycles. The van der Waals surface area contributed by atoms with Gasteiger partial charge in [-0.3, -0.25) is 9.48 Å². The molecule has 28 heavy (non-hydrogen) atoms. The van der Waals surface area contributed by atoms with E-state index >= 15 is 0 Å². The van der Waals surface area contributed by atoms with Gasteiger partial charge in [0.1, 0.15) is 0 Å². The summed E-state index contributed by atoms with van der Waals surface area (Å²) in [5.41, 5.74) is 4.02. The molecule has 2 heterocycles. The molecule has 3 rings (SSSR count). The number of halogens is 1. The summed E-state index contributed by atoms with van der Waals surface area (Å²) in [7, 11) is 1.51. The number of nitrogens with zero attached hydrogens (tertiary/aromatic N) is 3. The molecule has 1 aromatic carbocycles. The highest BCUT2D eigenvalue weighted by molar-refractivity contribution is 6.34. The van der Waals surface area contributed by atoms with Crippen molar-refractivity contribution >= 4 is 29.3 Å². The number of carboxylic acid groups (broad SMARTS) is 1. The molecule has 2 aromatic rings. The molecule has 2 N–H and O–H groups in total. The van der Waals surface area contributed by atoms with Gasteiger partial charge in [0, 0.05) is 25.4 Å². The number of carbonyl (C=O) groups excluding carboxylic acids is 1. The Kier molecular flexibility index (Phi) is 5.90. The van der Waals surface area contributed by atoms with E-state index in [0.717, 1.165) is 22.4 Å². The quantitative estimate of drug-likeness (QED) is 0.735. The summed E-state index contributed by atoms with van der Waals surface area (Å²) in [5.74, 6) is -0.0709. The lowest BCUT2D eigenvalue weighted by molar-refractivity contribution is -0.115. The molecule has 0 spiro atoms. The van der Waals surface area contributed by atoms with E-state index in [1.165, 1.54) is 11.9 Å². The molecule has 0 saturated heterocycles. The average Bonchev–Trinajstić information content (AvgIpc) is 3.23. The molecule has 8 nitrogen and oxygen atoms in total. The number of ether oxygens (including phenoxy) is 1. The fourth-order valence-corrected chi connectivity index (χ4v) is 3.34. The lowest BCUT2D eigenvalue weighted by Crippen LogP contribution is -2.36. The van der Waals surface area contributed by atoms with Crippen molar-refractivity contribution in [2.24, 2.45) is 0 Å². The van der Waals surface area contributed by atoms with Gasteiger partial charge < -0.3 is 20.1 Å². The van der Waals surface area contributed by atoms with Crippen molar-refractivity contribution in [1.29, 1.82) is 0 Å². The van der Waals surface area contributed by atoms with E-state index in [2.05, 4.69) is 10.4 Å². The van der Waals surface area contributed by atoms with Crippen LogP contribution in [-0.4, -0.2) is 51.5 Å². The average molecular weight is 407 g/mol. The Bertz CT molecular complexity index is 912. The Morgan fingerprint density at radius 3 is 2.93 bits per heavy atom. The van der Waals surface area contributed by atoms with Crippen molar-refractivity contribution in [3.05, 3.63) is 34.6 Å². The second-order valence-electron chi connectivity index (χ2n) is 6.82. The van der Waals surface area contributed by atoms with E-state index in [1.54, 1.807) is 6.92 Å². The summed E-state index contributed by atoms with van der Waals surface area (Å²) in [4.78, 5) is 23.9. The van der Waals surface area contributed by atoms with E-state index in [9.17, 15) is 9.59 Å². The van der Waals surface area contributed by atoms with Crippen LogP contribution in [0.5, 0.6) is 0 Å². The molecule has 0 radical (unpaired) electrons. The van der Waals surface area contributed by atoms with Crippen LogP contribution in [0.4, 0.5) is 10.5 Å². The topological polar surface area (TPSA) is 96.7 Å². The second-order valence-corrected chi connectivity index (χ2v) is 7.23. The standard InChI is InChI=1S/C19H23ClN4O4/c1-4-24-8-14(12-5-13-7-17(25)21-18(13)15(20)6-12)16(22-24)10-28-9-11(2)23(3)19(26)27/h5-6,8,11H,4,7,9-10H2,1-3H3,(H,21,25)(H,26,27). The normalized spacial score (nSPS) is 13.9. The smallest absolute Gasteiger partial charge is 0.407 e. The van der Waals surface area contributed by atoms with Gasteiger partial charge in [-0.1, -0.05) is 11.6 Å². The summed E-state index contributed by atoms with van der Waals surface area (Å²) >= 11 is 6.36. The molecule has 150 valence electrons. The molecule has 0 fully saturated rings. The zero-order valence-corrected chi connectivity index (χ0v) is 16.8. The van der Waals surface area contributed by atoms with E-state index < -0.39 is 6.09 Å². The first-order chi connectivity index (χ1) is 13.3. The predicted octanol–water partition coefficient (Wildman–Crippen LogP) is 3.23. The molecule has 1 atom stereocenters.